The number of amides is 1. The number of likely N-dealkylation sites (N-methyl/N-ethyl adjacent to an activating group) is 1. The topological polar surface area (TPSA) is 61.8 Å². The number of carbonyl (C=O) groups excluding carboxylic acids is 1. The number of carbonyl (C=O) groups is 1. The van der Waals surface area contributed by atoms with Crippen molar-refractivity contribution in [1.29, 1.82) is 0 Å². The zero-order valence-corrected chi connectivity index (χ0v) is 13.4. The average Bonchev–Trinajstić information content (AvgIpc) is 2.97. The van der Waals surface area contributed by atoms with E-state index in [1.165, 1.54) is 5.56 Å². The molecule has 0 unspecified atom stereocenters. The monoisotopic (exact) mass is 306 g/mol. The van der Waals surface area contributed by atoms with E-state index in [1.54, 1.807) is 11.9 Å². The van der Waals surface area contributed by atoms with E-state index in [2.05, 4.69) is 18.3 Å². The van der Waals surface area contributed by atoms with Gasteiger partial charge in [-0.25, -0.2) is 0 Å². The van der Waals surface area contributed by atoms with E-state index in [0.29, 0.717) is 26.1 Å². The Hall–Kier alpha value is -1.59. The highest BCUT2D eigenvalue weighted by Crippen LogP contribution is 2.18. The van der Waals surface area contributed by atoms with E-state index in [4.69, 9.17) is 4.74 Å². The van der Waals surface area contributed by atoms with Gasteiger partial charge >= 0.3 is 0 Å². The summed E-state index contributed by atoms with van der Waals surface area (Å²) in [6.45, 7) is 3.86. The van der Waals surface area contributed by atoms with Gasteiger partial charge in [0.05, 0.1) is 18.8 Å². The van der Waals surface area contributed by atoms with E-state index in [1.807, 2.05) is 18.2 Å². The van der Waals surface area contributed by atoms with Crippen LogP contribution in [0.25, 0.3) is 0 Å². The van der Waals surface area contributed by atoms with E-state index in [0.717, 1.165) is 18.6 Å². The summed E-state index contributed by atoms with van der Waals surface area (Å²) in [4.78, 5) is 13.9. The Balaban J connectivity index is 1.71. The summed E-state index contributed by atoms with van der Waals surface area (Å²) >= 11 is 0. The number of aliphatic hydroxyl groups is 1. The van der Waals surface area contributed by atoms with Crippen LogP contribution >= 0.6 is 0 Å². The van der Waals surface area contributed by atoms with Crippen LogP contribution in [0.2, 0.25) is 0 Å². The van der Waals surface area contributed by atoms with E-state index < -0.39 is 6.10 Å². The fourth-order valence-electron chi connectivity index (χ4n) is 2.70. The Bertz CT molecular complexity index is 493. The first-order chi connectivity index (χ1) is 10.6. The van der Waals surface area contributed by atoms with E-state index in [9.17, 15) is 9.90 Å². The fourth-order valence-corrected chi connectivity index (χ4v) is 2.70. The molecule has 1 fully saturated rings. The van der Waals surface area contributed by atoms with Crippen molar-refractivity contribution in [3.8, 4) is 5.75 Å². The highest BCUT2D eigenvalue weighted by atomic mass is 16.5. The summed E-state index contributed by atoms with van der Waals surface area (Å²) in [5.74, 6) is 0.977. The van der Waals surface area contributed by atoms with Crippen molar-refractivity contribution >= 4 is 5.91 Å². The van der Waals surface area contributed by atoms with Gasteiger partial charge in [0.15, 0.2) is 0 Å². The molecule has 1 aromatic rings. The van der Waals surface area contributed by atoms with Crippen LogP contribution in [0.1, 0.15) is 25.3 Å². The highest BCUT2D eigenvalue weighted by Gasteiger charge is 2.29. The summed E-state index contributed by atoms with van der Waals surface area (Å²) in [6, 6.07) is 7.80. The number of hydrogen-bond acceptors (Lipinski definition) is 4. The van der Waals surface area contributed by atoms with Gasteiger partial charge in [-0.05, 0) is 30.9 Å². The van der Waals surface area contributed by atoms with Gasteiger partial charge in [0.25, 0.3) is 0 Å². The SMILES string of the molecule is CCc1ccccc1OCCCN(C)C(=O)[C@@H]1C[C@@H](O)CN1. The van der Waals surface area contributed by atoms with Gasteiger partial charge in [-0.2, -0.15) is 0 Å². The number of ether oxygens (including phenoxy) is 1. The molecule has 5 nitrogen and oxygen atoms in total. The molecule has 1 aromatic carbocycles. The first kappa shape index (κ1) is 16.8. The summed E-state index contributed by atoms with van der Waals surface area (Å²) in [5, 5.41) is 12.5. The molecular weight excluding hydrogens is 280 g/mol. The van der Waals surface area contributed by atoms with Crippen LogP contribution in [0.4, 0.5) is 0 Å². The molecule has 1 saturated heterocycles. The molecule has 2 N–H and O–H groups in total. The van der Waals surface area contributed by atoms with Crippen molar-refractivity contribution in [2.24, 2.45) is 0 Å². The fraction of sp³-hybridized carbons (Fsp3) is 0.588. The molecule has 0 bridgehead atoms. The number of β-amino-alcohol motifs (C(OH)–C–C–N with tert-alkyl or cyclic N) is 1. The number of para-hydroxylation sites is 1. The van der Waals surface area contributed by atoms with Crippen molar-refractivity contribution in [2.45, 2.75) is 38.3 Å². The number of benzene rings is 1. The van der Waals surface area contributed by atoms with Gasteiger partial charge in [-0.3, -0.25) is 4.79 Å². The van der Waals surface area contributed by atoms with E-state index >= 15 is 0 Å². The maximum atomic E-state index is 12.2. The lowest BCUT2D eigenvalue weighted by Crippen LogP contribution is -2.42. The van der Waals surface area contributed by atoms with Crippen LogP contribution in [0.3, 0.4) is 0 Å². The predicted molar refractivity (Wildman–Crippen MR) is 86.0 cm³/mol. The number of aryl methyl sites for hydroxylation is 1. The van der Waals surface area contributed by atoms with Crippen LogP contribution in [0.5, 0.6) is 5.75 Å². The lowest BCUT2D eigenvalue weighted by Gasteiger charge is -2.21. The molecular formula is C17H26N2O3. The summed E-state index contributed by atoms with van der Waals surface area (Å²) in [7, 11) is 1.80. The van der Waals surface area contributed by atoms with Gasteiger partial charge in [0.2, 0.25) is 5.91 Å². The second-order valence-corrected chi connectivity index (χ2v) is 5.77. The molecule has 0 aliphatic carbocycles. The Morgan fingerprint density at radius 1 is 1.45 bits per heavy atom. The van der Waals surface area contributed by atoms with Crippen molar-refractivity contribution in [2.75, 3.05) is 26.7 Å². The minimum atomic E-state index is -0.406. The maximum Gasteiger partial charge on any atom is 0.239 e. The first-order valence-corrected chi connectivity index (χ1v) is 7.99. The molecule has 0 spiro atoms. The number of aliphatic hydroxyl groups excluding tert-OH is 1. The van der Waals surface area contributed by atoms with Crippen molar-refractivity contribution < 1.29 is 14.6 Å². The first-order valence-electron chi connectivity index (χ1n) is 7.99. The zero-order chi connectivity index (χ0) is 15.9. The zero-order valence-electron chi connectivity index (χ0n) is 13.4. The third-order valence-corrected chi connectivity index (χ3v) is 4.03. The number of rotatable bonds is 7. The summed E-state index contributed by atoms with van der Waals surface area (Å²) < 4.78 is 5.81. The van der Waals surface area contributed by atoms with Gasteiger partial charge in [-0.1, -0.05) is 25.1 Å². The average molecular weight is 306 g/mol. The Kier molecular flexibility index (Phi) is 6.21. The Morgan fingerprint density at radius 3 is 2.91 bits per heavy atom. The van der Waals surface area contributed by atoms with Gasteiger partial charge in [-0.15, -0.1) is 0 Å². The van der Waals surface area contributed by atoms with Crippen LogP contribution in [-0.2, 0) is 11.2 Å². The lowest BCUT2D eigenvalue weighted by molar-refractivity contribution is -0.132. The highest BCUT2D eigenvalue weighted by molar-refractivity contribution is 5.82. The Morgan fingerprint density at radius 2 is 2.23 bits per heavy atom. The number of hydrogen-bond donors (Lipinski definition) is 2. The quantitative estimate of drug-likeness (QED) is 0.743. The normalized spacial score (nSPS) is 20.9. The van der Waals surface area contributed by atoms with Gasteiger partial charge < -0.3 is 20.1 Å². The van der Waals surface area contributed by atoms with Crippen LogP contribution in [0.15, 0.2) is 24.3 Å². The second-order valence-electron chi connectivity index (χ2n) is 5.77. The van der Waals surface area contributed by atoms with Crippen molar-refractivity contribution in [3.05, 3.63) is 29.8 Å². The molecule has 2 atom stereocenters. The molecule has 0 radical (unpaired) electrons. The summed E-state index contributed by atoms with van der Waals surface area (Å²) in [5.41, 5.74) is 1.20. The molecule has 1 aliphatic rings. The van der Waals surface area contributed by atoms with E-state index in [-0.39, 0.29) is 11.9 Å². The maximum absolute atomic E-state index is 12.2. The lowest BCUT2D eigenvalue weighted by atomic mass is 10.1. The third-order valence-electron chi connectivity index (χ3n) is 4.03. The molecule has 1 aliphatic heterocycles. The largest absolute Gasteiger partial charge is 0.493 e. The van der Waals surface area contributed by atoms with Crippen molar-refractivity contribution in [1.82, 2.24) is 10.2 Å². The molecule has 1 heterocycles. The minimum absolute atomic E-state index is 0.0468. The minimum Gasteiger partial charge on any atom is -0.493 e. The number of nitrogens with zero attached hydrogens (tertiary/aromatic N) is 1. The second kappa shape index (κ2) is 8.15. The summed E-state index contributed by atoms with van der Waals surface area (Å²) in [6.07, 6.45) is 1.83. The molecule has 2 rings (SSSR count). The Labute approximate surface area is 132 Å². The molecule has 5 heteroatoms. The smallest absolute Gasteiger partial charge is 0.239 e. The standard InChI is InChI=1S/C17H26N2O3/c1-3-13-7-4-5-8-16(13)22-10-6-9-19(2)17(21)15-11-14(20)12-18-15/h4-5,7-8,14-15,18,20H,3,6,9-12H2,1-2H3/t14-,15+/m1/s1. The van der Waals surface area contributed by atoms with Crippen LogP contribution in [0, 0.1) is 0 Å². The van der Waals surface area contributed by atoms with Crippen molar-refractivity contribution in [3.63, 3.8) is 0 Å². The third kappa shape index (κ3) is 4.45. The predicted octanol–water partition coefficient (Wildman–Crippen LogP) is 1.20. The molecule has 122 valence electrons. The van der Waals surface area contributed by atoms with Crippen LogP contribution < -0.4 is 10.1 Å². The van der Waals surface area contributed by atoms with Crippen LogP contribution in [-0.4, -0.2) is 54.8 Å². The molecule has 0 saturated carbocycles. The molecule has 22 heavy (non-hydrogen) atoms. The van der Waals surface area contributed by atoms with Gasteiger partial charge in [0.1, 0.15) is 5.75 Å². The molecule has 0 aromatic heterocycles. The van der Waals surface area contributed by atoms with Gasteiger partial charge in [0, 0.05) is 20.1 Å². The number of nitrogens with one attached hydrogen (secondary N) is 1. The molecule has 1 amide bonds.